The average Bonchev–Trinajstić information content (AvgIpc) is 3.87. The Morgan fingerprint density at radius 2 is 1.69 bits per heavy atom. The Morgan fingerprint density at radius 1 is 0.961 bits per heavy atom. The van der Waals surface area contributed by atoms with Crippen molar-refractivity contribution in [2.75, 3.05) is 30.5 Å². The van der Waals surface area contributed by atoms with Gasteiger partial charge in [-0.05, 0) is 97.3 Å². The molecule has 4 aromatic rings. The molecule has 14 heteroatoms. The number of thioether (sulfide) groups is 1. The SMILES string of the molecule is CCOC(=O)c1ccc(NC(=O)COc2ccc([C@@H]3c4sc(=O)[nH]c4S[C@@H]4[C@@H]5C[C@@H]([C@@H]6C(=O)N(c7ccc(Br)cc7)C(=O)[C@@H]56)[C@H]34)cc2OC)cc1. The number of amides is 3. The first-order valence-electron chi connectivity index (χ1n) is 16.6. The van der Waals surface area contributed by atoms with E-state index in [9.17, 15) is 24.0 Å². The number of hydrogen-bond donors (Lipinski definition) is 2. The summed E-state index contributed by atoms with van der Waals surface area (Å²) in [5.74, 6) is -1.38. The number of aromatic amines is 1. The lowest BCUT2D eigenvalue weighted by Gasteiger charge is -2.43. The highest BCUT2D eigenvalue weighted by Gasteiger charge is 2.69. The minimum Gasteiger partial charge on any atom is -0.493 e. The van der Waals surface area contributed by atoms with Crippen LogP contribution in [0.4, 0.5) is 11.4 Å². The highest BCUT2D eigenvalue weighted by Crippen LogP contribution is 2.68. The van der Waals surface area contributed by atoms with Crippen LogP contribution in [0.5, 0.6) is 11.5 Å². The topological polar surface area (TPSA) is 144 Å². The second-order valence-corrected chi connectivity index (χ2v) is 16.1. The number of benzene rings is 3. The Kier molecular flexibility index (Phi) is 8.79. The predicted molar refractivity (Wildman–Crippen MR) is 195 cm³/mol. The normalized spacial score (nSPS) is 25.6. The molecule has 3 aromatic carbocycles. The number of methoxy groups -OCH3 is 1. The van der Waals surface area contributed by atoms with Gasteiger partial charge in [0.2, 0.25) is 11.8 Å². The number of carbonyl (C=O) groups is 4. The zero-order valence-corrected chi connectivity index (χ0v) is 30.6. The second-order valence-electron chi connectivity index (χ2n) is 13.0. The van der Waals surface area contributed by atoms with Crippen LogP contribution in [-0.2, 0) is 19.1 Å². The number of esters is 1. The summed E-state index contributed by atoms with van der Waals surface area (Å²) in [6.07, 6.45) is 0.776. The van der Waals surface area contributed by atoms with E-state index in [0.29, 0.717) is 28.4 Å². The fourth-order valence-corrected chi connectivity index (χ4v) is 11.6. The van der Waals surface area contributed by atoms with Gasteiger partial charge in [0.05, 0.1) is 41.8 Å². The van der Waals surface area contributed by atoms with E-state index in [1.807, 2.05) is 24.3 Å². The maximum atomic E-state index is 14.0. The third kappa shape index (κ3) is 5.77. The Morgan fingerprint density at radius 3 is 2.39 bits per heavy atom. The summed E-state index contributed by atoms with van der Waals surface area (Å²) >= 11 is 6.25. The molecule has 1 aromatic heterocycles. The van der Waals surface area contributed by atoms with Crippen molar-refractivity contribution in [1.29, 1.82) is 0 Å². The van der Waals surface area contributed by atoms with Gasteiger partial charge in [0.1, 0.15) is 0 Å². The molecule has 4 aliphatic rings. The van der Waals surface area contributed by atoms with Gasteiger partial charge < -0.3 is 24.5 Å². The van der Waals surface area contributed by atoms with E-state index in [2.05, 4.69) is 26.2 Å². The van der Waals surface area contributed by atoms with Gasteiger partial charge >= 0.3 is 10.8 Å². The lowest BCUT2D eigenvalue weighted by atomic mass is 9.68. The molecule has 8 rings (SSSR count). The lowest BCUT2D eigenvalue weighted by molar-refractivity contribution is -0.123. The van der Waals surface area contributed by atoms with E-state index in [1.54, 1.807) is 61.2 Å². The second kappa shape index (κ2) is 13.3. The molecule has 2 bridgehead atoms. The average molecular weight is 791 g/mol. The van der Waals surface area contributed by atoms with Crippen LogP contribution in [0.1, 0.15) is 40.1 Å². The number of ether oxygens (including phenoxy) is 3. The summed E-state index contributed by atoms with van der Waals surface area (Å²) in [5.41, 5.74) is 2.37. The molecule has 11 nitrogen and oxygen atoms in total. The highest BCUT2D eigenvalue weighted by molar-refractivity contribution is 9.10. The summed E-state index contributed by atoms with van der Waals surface area (Å²) in [7, 11) is 1.53. The molecule has 0 radical (unpaired) electrons. The Balaban J connectivity index is 1.03. The minimum atomic E-state index is -0.436. The first-order valence-corrected chi connectivity index (χ1v) is 19.1. The molecule has 262 valence electrons. The first kappa shape index (κ1) is 33.7. The van der Waals surface area contributed by atoms with Gasteiger partial charge in [-0.1, -0.05) is 33.3 Å². The van der Waals surface area contributed by atoms with Crippen molar-refractivity contribution in [3.63, 3.8) is 0 Å². The first-order chi connectivity index (χ1) is 24.7. The third-order valence-electron chi connectivity index (χ3n) is 10.4. The smallest absolute Gasteiger partial charge is 0.338 e. The zero-order valence-electron chi connectivity index (χ0n) is 27.4. The Labute approximate surface area is 309 Å². The number of thiazole rings is 1. The third-order valence-corrected chi connectivity index (χ3v) is 13.5. The summed E-state index contributed by atoms with van der Waals surface area (Å²) in [6, 6.07) is 19.2. The standard InChI is InChI=1S/C37H32BrN3O8S2/c1-3-48-36(45)17-4-9-20(10-5-17)39-26(42)16-49-24-13-6-18(14-25(24)47-2)27-28-22-15-23(31(28)50-33-32(27)51-37(46)40-33)30-29(22)34(43)41(35(30)44)21-11-7-19(38)8-12-21/h4-14,22-23,27-31H,3,15-16H2,1-2H3,(H,39,42)(H,40,46)/t22-,23-,27+,28-,29+,30+,31-/m1/s1. The summed E-state index contributed by atoms with van der Waals surface area (Å²) in [5, 5.41) is 3.61. The largest absolute Gasteiger partial charge is 0.493 e. The van der Waals surface area contributed by atoms with Gasteiger partial charge in [-0.25, -0.2) is 4.79 Å². The van der Waals surface area contributed by atoms with E-state index in [-0.39, 0.29) is 64.7 Å². The molecule has 2 aliphatic heterocycles. The van der Waals surface area contributed by atoms with Crippen LogP contribution < -0.4 is 24.6 Å². The molecule has 51 heavy (non-hydrogen) atoms. The van der Waals surface area contributed by atoms with Crippen molar-refractivity contribution in [1.82, 2.24) is 4.98 Å². The minimum absolute atomic E-state index is 0.00432. The summed E-state index contributed by atoms with van der Waals surface area (Å²) in [6.45, 7) is 1.71. The van der Waals surface area contributed by atoms with Crippen molar-refractivity contribution >= 4 is 74.1 Å². The summed E-state index contributed by atoms with van der Waals surface area (Å²) < 4.78 is 17.5. The van der Waals surface area contributed by atoms with Crippen molar-refractivity contribution in [2.24, 2.45) is 29.6 Å². The molecular weight excluding hydrogens is 758 g/mol. The van der Waals surface area contributed by atoms with Crippen molar-refractivity contribution in [3.8, 4) is 11.5 Å². The lowest BCUT2D eigenvalue weighted by Crippen LogP contribution is -2.42. The van der Waals surface area contributed by atoms with E-state index < -0.39 is 17.8 Å². The van der Waals surface area contributed by atoms with Crippen molar-refractivity contribution < 1.29 is 33.4 Å². The predicted octanol–water partition coefficient (Wildman–Crippen LogP) is 6.08. The number of halogens is 1. The van der Waals surface area contributed by atoms with Crippen LogP contribution in [0, 0.1) is 29.6 Å². The maximum Gasteiger partial charge on any atom is 0.338 e. The Bertz CT molecular complexity index is 2120. The van der Waals surface area contributed by atoms with Gasteiger partial charge in [-0.15, -0.1) is 11.8 Å². The number of anilines is 2. The molecule has 0 unspecified atom stereocenters. The molecule has 2 N–H and O–H groups in total. The van der Waals surface area contributed by atoms with Gasteiger partial charge in [-0.3, -0.25) is 24.1 Å². The van der Waals surface area contributed by atoms with Gasteiger partial charge in [0.15, 0.2) is 18.1 Å². The molecule has 1 saturated heterocycles. The van der Waals surface area contributed by atoms with Crippen molar-refractivity contribution in [3.05, 3.63) is 96.9 Å². The van der Waals surface area contributed by atoms with E-state index >= 15 is 0 Å². The van der Waals surface area contributed by atoms with Crippen LogP contribution in [0.3, 0.4) is 0 Å². The molecule has 2 saturated carbocycles. The van der Waals surface area contributed by atoms with Gasteiger partial charge in [0, 0.05) is 26.2 Å². The molecule has 3 amide bonds. The number of aromatic nitrogens is 1. The van der Waals surface area contributed by atoms with Gasteiger partial charge in [0.25, 0.3) is 5.91 Å². The number of nitrogens with zero attached hydrogens (tertiary/aromatic N) is 1. The highest BCUT2D eigenvalue weighted by atomic mass is 79.9. The number of rotatable bonds is 9. The van der Waals surface area contributed by atoms with E-state index in [4.69, 9.17) is 14.2 Å². The van der Waals surface area contributed by atoms with Gasteiger partial charge in [-0.2, -0.15) is 0 Å². The van der Waals surface area contributed by atoms with Crippen LogP contribution >= 0.6 is 39.0 Å². The maximum absolute atomic E-state index is 14.0. The fourth-order valence-electron chi connectivity index (χ4n) is 8.48. The number of nitrogens with one attached hydrogen (secondary N) is 2. The van der Waals surface area contributed by atoms with E-state index in [0.717, 1.165) is 26.4 Å². The fraction of sp³-hybridized carbons (Fsp3) is 0.324. The van der Waals surface area contributed by atoms with Crippen LogP contribution in [0.2, 0.25) is 0 Å². The Hall–Kier alpha value is -4.40. The molecule has 2 aliphatic carbocycles. The molecule has 0 spiro atoms. The van der Waals surface area contributed by atoms with E-state index in [1.165, 1.54) is 23.3 Å². The number of H-pyrrole nitrogens is 1. The van der Waals surface area contributed by atoms with Crippen molar-refractivity contribution in [2.45, 2.75) is 29.5 Å². The molecule has 3 heterocycles. The molecular formula is C37H32BrN3O8S2. The monoisotopic (exact) mass is 789 g/mol. The zero-order chi connectivity index (χ0) is 35.6. The number of fused-ring (bicyclic) bond motifs is 9. The molecule has 7 atom stereocenters. The molecule has 3 fully saturated rings. The summed E-state index contributed by atoms with van der Waals surface area (Å²) in [4.78, 5) is 70.5. The number of imide groups is 1. The van der Waals surface area contributed by atoms with Crippen LogP contribution in [0.25, 0.3) is 0 Å². The number of hydrogen-bond acceptors (Lipinski definition) is 10. The van der Waals surface area contributed by atoms with Crippen LogP contribution in [0.15, 0.2) is 81.0 Å². The van der Waals surface area contributed by atoms with Crippen LogP contribution in [-0.4, -0.2) is 54.2 Å². The number of carbonyl (C=O) groups excluding carboxylic acids is 4. The quantitative estimate of drug-likeness (QED) is 0.152.